The fourth-order valence-corrected chi connectivity index (χ4v) is 2.19. The van der Waals surface area contributed by atoms with E-state index in [1.54, 1.807) is 0 Å². The molecule has 0 spiro atoms. The summed E-state index contributed by atoms with van der Waals surface area (Å²) in [5.74, 6) is 0.907. The van der Waals surface area contributed by atoms with E-state index in [9.17, 15) is 0 Å². The van der Waals surface area contributed by atoms with Gasteiger partial charge in [-0.05, 0) is 31.1 Å². The van der Waals surface area contributed by atoms with Gasteiger partial charge in [-0.2, -0.15) is 0 Å². The van der Waals surface area contributed by atoms with E-state index in [1.165, 1.54) is 25.7 Å². The molecule has 1 saturated carbocycles. The zero-order chi connectivity index (χ0) is 9.03. The van der Waals surface area contributed by atoms with Crippen LogP contribution in [0.3, 0.4) is 0 Å². The zero-order valence-electron chi connectivity index (χ0n) is 8.73. The van der Waals surface area contributed by atoms with Crippen molar-refractivity contribution in [1.29, 1.82) is 0 Å². The normalized spacial score (nSPS) is 20.2. The molecule has 0 unspecified atom stereocenters. The van der Waals surface area contributed by atoms with E-state index in [0.29, 0.717) is 5.41 Å². The topological polar surface area (TPSA) is 9.23 Å². The van der Waals surface area contributed by atoms with Gasteiger partial charge in [-0.1, -0.05) is 26.7 Å². The molecule has 0 atom stereocenters. The molecule has 1 aliphatic rings. The molecule has 1 nitrogen and oxygen atoms in total. The monoisotopic (exact) mass is 170 g/mol. The second-order valence-electron chi connectivity index (χ2n) is 4.61. The summed E-state index contributed by atoms with van der Waals surface area (Å²) in [4.78, 5) is 0. The minimum Gasteiger partial charge on any atom is -0.381 e. The summed E-state index contributed by atoms with van der Waals surface area (Å²) in [7, 11) is 0. The van der Waals surface area contributed by atoms with E-state index in [0.717, 1.165) is 19.1 Å². The predicted octanol–water partition coefficient (Wildman–Crippen LogP) is 3.24. The van der Waals surface area contributed by atoms with E-state index in [2.05, 4.69) is 20.8 Å². The first-order valence-corrected chi connectivity index (χ1v) is 5.24. The van der Waals surface area contributed by atoms with Crippen LogP contribution in [0, 0.1) is 11.3 Å². The lowest BCUT2D eigenvalue weighted by atomic mass is 9.78. The number of hydrogen-bond acceptors (Lipinski definition) is 1. The lowest BCUT2D eigenvalue weighted by molar-refractivity contribution is 0.0363. The summed E-state index contributed by atoms with van der Waals surface area (Å²) in [6.45, 7) is 8.56. The van der Waals surface area contributed by atoms with Crippen molar-refractivity contribution in [1.82, 2.24) is 0 Å². The van der Waals surface area contributed by atoms with Crippen LogP contribution < -0.4 is 0 Å². The van der Waals surface area contributed by atoms with Crippen molar-refractivity contribution >= 4 is 0 Å². The fourth-order valence-electron chi connectivity index (χ4n) is 2.19. The van der Waals surface area contributed by atoms with Crippen LogP contribution in [0.25, 0.3) is 0 Å². The highest BCUT2D eigenvalue weighted by molar-refractivity contribution is 4.81. The van der Waals surface area contributed by atoms with Gasteiger partial charge in [0.05, 0.1) is 6.61 Å². The van der Waals surface area contributed by atoms with E-state index < -0.39 is 0 Å². The van der Waals surface area contributed by atoms with Crippen LogP contribution in [0.2, 0.25) is 0 Å². The highest BCUT2D eigenvalue weighted by Crippen LogP contribution is 2.39. The first-order chi connectivity index (χ1) is 5.67. The highest BCUT2D eigenvalue weighted by Gasteiger charge is 2.31. The maximum Gasteiger partial charge on any atom is 0.0519 e. The lowest BCUT2D eigenvalue weighted by Crippen LogP contribution is -2.27. The van der Waals surface area contributed by atoms with Crippen molar-refractivity contribution in [3.63, 3.8) is 0 Å². The largest absolute Gasteiger partial charge is 0.381 e. The second kappa shape index (κ2) is 4.27. The van der Waals surface area contributed by atoms with Crippen molar-refractivity contribution < 1.29 is 4.74 Å². The van der Waals surface area contributed by atoms with Gasteiger partial charge < -0.3 is 4.74 Å². The van der Waals surface area contributed by atoms with Gasteiger partial charge in [0, 0.05) is 6.61 Å². The Morgan fingerprint density at radius 1 is 1.25 bits per heavy atom. The Balaban J connectivity index is 2.34. The number of ether oxygens (including phenoxy) is 1. The molecule has 1 rings (SSSR count). The Hall–Kier alpha value is -0.0400. The van der Waals surface area contributed by atoms with Crippen molar-refractivity contribution in [2.24, 2.45) is 11.3 Å². The average molecular weight is 170 g/mol. The van der Waals surface area contributed by atoms with Crippen LogP contribution in [0.4, 0.5) is 0 Å². The molecule has 1 fully saturated rings. The molecule has 12 heavy (non-hydrogen) atoms. The Morgan fingerprint density at radius 3 is 2.33 bits per heavy atom. The average Bonchev–Trinajstić information content (AvgIpc) is 2.53. The van der Waals surface area contributed by atoms with Crippen molar-refractivity contribution in [2.75, 3.05) is 13.2 Å². The fraction of sp³-hybridized carbons (Fsp3) is 1.00. The minimum absolute atomic E-state index is 0.409. The molecule has 0 aromatic carbocycles. The van der Waals surface area contributed by atoms with Gasteiger partial charge in [0.2, 0.25) is 0 Å². The van der Waals surface area contributed by atoms with Crippen LogP contribution in [-0.2, 0) is 4.74 Å². The van der Waals surface area contributed by atoms with Crippen molar-refractivity contribution in [3.8, 4) is 0 Å². The van der Waals surface area contributed by atoms with E-state index in [-0.39, 0.29) is 0 Å². The molecule has 72 valence electrons. The molecular formula is C11H22O. The van der Waals surface area contributed by atoms with Crippen LogP contribution in [-0.4, -0.2) is 13.2 Å². The quantitative estimate of drug-likeness (QED) is 0.629. The van der Waals surface area contributed by atoms with E-state index in [4.69, 9.17) is 4.74 Å². The van der Waals surface area contributed by atoms with Crippen molar-refractivity contribution in [2.45, 2.75) is 46.5 Å². The van der Waals surface area contributed by atoms with Crippen LogP contribution in [0.1, 0.15) is 46.5 Å². The summed E-state index contributed by atoms with van der Waals surface area (Å²) < 4.78 is 5.51. The summed E-state index contributed by atoms with van der Waals surface area (Å²) in [6, 6.07) is 0. The SMILES string of the molecule is CCOCC(C)(C)C1CCCC1. The van der Waals surface area contributed by atoms with E-state index in [1.807, 2.05) is 0 Å². The molecule has 0 radical (unpaired) electrons. The van der Waals surface area contributed by atoms with E-state index >= 15 is 0 Å². The van der Waals surface area contributed by atoms with Gasteiger partial charge >= 0.3 is 0 Å². The molecule has 0 aromatic heterocycles. The maximum atomic E-state index is 5.51. The molecule has 0 amide bonds. The van der Waals surface area contributed by atoms with Gasteiger partial charge in [0.25, 0.3) is 0 Å². The van der Waals surface area contributed by atoms with Gasteiger partial charge in [-0.25, -0.2) is 0 Å². The van der Waals surface area contributed by atoms with Gasteiger partial charge in [-0.15, -0.1) is 0 Å². The number of hydrogen-bond donors (Lipinski definition) is 0. The zero-order valence-corrected chi connectivity index (χ0v) is 8.73. The third kappa shape index (κ3) is 2.48. The standard InChI is InChI=1S/C11H22O/c1-4-12-9-11(2,3)10-7-5-6-8-10/h10H,4-9H2,1-3H3. The van der Waals surface area contributed by atoms with Crippen molar-refractivity contribution in [3.05, 3.63) is 0 Å². The van der Waals surface area contributed by atoms with Gasteiger partial charge in [0.1, 0.15) is 0 Å². The lowest BCUT2D eigenvalue weighted by Gasteiger charge is -2.31. The Kier molecular flexibility index (Phi) is 3.57. The first-order valence-electron chi connectivity index (χ1n) is 5.24. The molecule has 1 heteroatoms. The third-order valence-electron chi connectivity index (χ3n) is 3.14. The van der Waals surface area contributed by atoms with Crippen LogP contribution in [0.5, 0.6) is 0 Å². The summed E-state index contributed by atoms with van der Waals surface area (Å²) in [5, 5.41) is 0. The summed E-state index contributed by atoms with van der Waals surface area (Å²) in [6.07, 6.45) is 5.70. The molecule has 0 aliphatic heterocycles. The first kappa shape index (κ1) is 10.0. The third-order valence-corrected chi connectivity index (χ3v) is 3.14. The maximum absolute atomic E-state index is 5.51. The van der Waals surface area contributed by atoms with Gasteiger partial charge in [-0.3, -0.25) is 0 Å². The summed E-state index contributed by atoms with van der Waals surface area (Å²) >= 11 is 0. The highest BCUT2D eigenvalue weighted by atomic mass is 16.5. The Bertz CT molecular complexity index is 123. The summed E-state index contributed by atoms with van der Waals surface area (Å²) in [5.41, 5.74) is 0.409. The molecule has 0 aromatic rings. The molecular weight excluding hydrogens is 148 g/mol. The Labute approximate surface area is 76.5 Å². The predicted molar refractivity (Wildman–Crippen MR) is 52.2 cm³/mol. The number of rotatable bonds is 4. The smallest absolute Gasteiger partial charge is 0.0519 e. The second-order valence-corrected chi connectivity index (χ2v) is 4.61. The molecule has 0 heterocycles. The molecule has 0 saturated heterocycles. The molecule has 0 bridgehead atoms. The molecule has 0 N–H and O–H groups in total. The Morgan fingerprint density at radius 2 is 1.83 bits per heavy atom. The van der Waals surface area contributed by atoms with Gasteiger partial charge in [0.15, 0.2) is 0 Å². The van der Waals surface area contributed by atoms with Crippen LogP contribution >= 0.6 is 0 Å². The molecule has 1 aliphatic carbocycles. The van der Waals surface area contributed by atoms with Crippen LogP contribution in [0.15, 0.2) is 0 Å². The minimum atomic E-state index is 0.409.